The lowest BCUT2D eigenvalue weighted by molar-refractivity contribution is 0.168. The van der Waals surface area contributed by atoms with Crippen molar-refractivity contribution < 1.29 is 0 Å². The topological polar surface area (TPSA) is 29.3 Å². The number of nitrogens with zero attached hydrogens (tertiary/aromatic N) is 1. The molecule has 2 nitrogen and oxygen atoms in total. The molecule has 1 saturated carbocycles. The highest BCUT2D eigenvalue weighted by Gasteiger charge is 2.28. The molecule has 2 rings (SSSR count). The van der Waals surface area contributed by atoms with Gasteiger partial charge in [-0.15, -0.1) is 0 Å². The van der Waals surface area contributed by atoms with Crippen LogP contribution in [-0.2, 0) is 0 Å². The summed E-state index contributed by atoms with van der Waals surface area (Å²) < 4.78 is 0. The highest BCUT2D eigenvalue weighted by atomic mass is 15.2. The van der Waals surface area contributed by atoms with Crippen LogP contribution in [0.3, 0.4) is 0 Å². The fourth-order valence-electron chi connectivity index (χ4n) is 2.75. The van der Waals surface area contributed by atoms with Crippen LogP contribution in [0.4, 0.5) is 0 Å². The first-order valence-corrected chi connectivity index (χ1v) is 5.75. The number of rotatable bonds is 1. The van der Waals surface area contributed by atoms with Gasteiger partial charge in [-0.3, -0.25) is 4.90 Å². The van der Waals surface area contributed by atoms with E-state index in [1.807, 2.05) is 0 Å². The summed E-state index contributed by atoms with van der Waals surface area (Å²) in [6.45, 7) is 4.78. The Hall–Kier alpha value is -0.0800. The molecule has 13 heavy (non-hydrogen) atoms. The van der Waals surface area contributed by atoms with Gasteiger partial charge in [-0.05, 0) is 38.0 Å². The minimum atomic E-state index is 0.458. The van der Waals surface area contributed by atoms with E-state index < -0.39 is 0 Å². The van der Waals surface area contributed by atoms with Crippen molar-refractivity contribution >= 4 is 0 Å². The van der Waals surface area contributed by atoms with E-state index in [1.165, 1.54) is 38.6 Å². The molecule has 1 aliphatic heterocycles. The molecule has 76 valence electrons. The van der Waals surface area contributed by atoms with E-state index in [0.717, 1.165) is 18.5 Å². The average Bonchev–Trinajstić information content (AvgIpc) is 2.53. The largest absolute Gasteiger partial charge is 0.326 e. The molecule has 0 aromatic heterocycles. The number of hydrogen-bond donors (Lipinski definition) is 1. The first-order chi connectivity index (χ1) is 6.25. The molecule has 0 aromatic rings. The van der Waals surface area contributed by atoms with Crippen molar-refractivity contribution in [1.29, 1.82) is 0 Å². The second kappa shape index (κ2) is 3.97. The van der Waals surface area contributed by atoms with E-state index in [9.17, 15) is 0 Å². The first kappa shape index (κ1) is 9.47. The van der Waals surface area contributed by atoms with Crippen molar-refractivity contribution in [2.75, 3.05) is 13.1 Å². The van der Waals surface area contributed by atoms with Crippen LogP contribution in [-0.4, -0.2) is 30.1 Å². The van der Waals surface area contributed by atoms with E-state index in [4.69, 9.17) is 5.73 Å². The lowest BCUT2D eigenvalue weighted by Gasteiger charge is -2.33. The fraction of sp³-hybridized carbons (Fsp3) is 1.00. The Morgan fingerprint density at radius 1 is 1.08 bits per heavy atom. The molecule has 2 fully saturated rings. The smallest absolute Gasteiger partial charge is 0.0180 e. The Morgan fingerprint density at radius 3 is 2.31 bits per heavy atom. The minimum absolute atomic E-state index is 0.458. The van der Waals surface area contributed by atoms with Crippen LogP contribution in [0.2, 0.25) is 0 Å². The van der Waals surface area contributed by atoms with Crippen LogP contribution in [0.5, 0.6) is 0 Å². The van der Waals surface area contributed by atoms with Crippen LogP contribution in [0.1, 0.15) is 39.0 Å². The van der Waals surface area contributed by atoms with Crippen LogP contribution < -0.4 is 5.73 Å². The predicted octanol–water partition coefficient (Wildman–Crippen LogP) is 1.60. The summed E-state index contributed by atoms with van der Waals surface area (Å²) in [5, 5.41) is 0. The van der Waals surface area contributed by atoms with Gasteiger partial charge < -0.3 is 5.73 Å². The zero-order valence-corrected chi connectivity index (χ0v) is 8.71. The van der Waals surface area contributed by atoms with E-state index in [0.29, 0.717) is 6.04 Å². The maximum Gasteiger partial charge on any atom is 0.0180 e. The fourth-order valence-corrected chi connectivity index (χ4v) is 2.75. The third-order valence-electron chi connectivity index (χ3n) is 3.76. The van der Waals surface area contributed by atoms with Gasteiger partial charge >= 0.3 is 0 Å². The lowest BCUT2D eigenvalue weighted by atomic mass is 9.87. The van der Waals surface area contributed by atoms with Gasteiger partial charge in [-0.2, -0.15) is 0 Å². The van der Waals surface area contributed by atoms with Gasteiger partial charge in [0, 0.05) is 25.2 Å². The molecule has 2 aliphatic rings. The summed E-state index contributed by atoms with van der Waals surface area (Å²) in [6.07, 6.45) is 6.89. The van der Waals surface area contributed by atoms with E-state index >= 15 is 0 Å². The molecule has 2 N–H and O–H groups in total. The Kier molecular flexibility index (Phi) is 2.89. The van der Waals surface area contributed by atoms with E-state index in [2.05, 4.69) is 11.8 Å². The van der Waals surface area contributed by atoms with Crippen molar-refractivity contribution in [1.82, 2.24) is 4.90 Å². The Morgan fingerprint density at radius 2 is 1.77 bits per heavy atom. The summed E-state index contributed by atoms with van der Waals surface area (Å²) in [5.41, 5.74) is 5.92. The molecular weight excluding hydrogens is 160 g/mol. The molecule has 0 aromatic carbocycles. The van der Waals surface area contributed by atoms with Gasteiger partial charge in [-0.1, -0.05) is 6.92 Å². The second-order valence-electron chi connectivity index (χ2n) is 4.96. The average molecular weight is 182 g/mol. The molecule has 2 heteroatoms. The second-order valence-corrected chi connectivity index (χ2v) is 4.96. The van der Waals surface area contributed by atoms with Gasteiger partial charge in [0.25, 0.3) is 0 Å². The maximum atomic E-state index is 5.92. The van der Waals surface area contributed by atoms with Crippen LogP contribution in [0.25, 0.3) is 0 Å². The summed E-state index contributed by atoms with van der Waals surface area (Å²) in [5.74, 6) is 0.965. The van der Waals surface area contributed by atoms with Crippen LogP contribution >= 0.6 is 0 Å². The van der Waals surface area contributed by atoms with Gasteiger partial charge in [0.15, 0.2) is 0 Å². The minimum Gasteiger partial charge on any atom is -0.326 e. The molecule has 0 bridgehead atoms. The maximum absolute atomic E-state index is 5.92. The zero-order chi connectivity index (χ0) is 9.26. The molecular formula is C11H22N2. The standard InChI is InChI=1S/C11H22N2/c1-9-2-4-11(5-3-9)13-7-6-10(12)8-13/h9-11H,2-8,12H2,1H3. The summed E-state index contributed by atoms with van der Waals surface area (Å²) >= 11 is 0. The van der Waals surface area contributed by atoms with Crippen molar-refractivity contribution in [3.05, 3.63) is 0 Å². The third kappa shape index (κ3) is 2.23. The highest BCUT2D eigenvalue weighted by molar-refractivity contribution is 4.85. The molecule has 0 radical (unpaired) electrons. The van der Waals surface area contributed by atoms with Gasteiger partial charge in [0.2, 0.25) is 0 Å². The van der Waals surface area contributed by atoms with Crippen LogP contribution in [0.15, 0.2) is 0 Å². The molecule has 0 spiro atoms. The highest BCUT2D eigenvalue weighted by Crippen LogP contribution is 2.28. The van der Waals surface area contributed by atoms with Gasteiger partial charge in [0.05, 0.1) is 0 Å². The molecule has 1 heterocycles. The van der Waals surface area contributed by atoms with Crippen molar-refractivity contribution in [3.63, 3.8) is 0 Å². The molecule has 0 amide bonds. The Labute approximate surface area is 81.5 Å². The van der Waals surface area contributed by atoms with Crippen molar-refractivity contribution in [2.45, 2.75) is 51.1 Å². The summed E-state index contributed by atoms with van der Waals surface area (Å²) in [6, 6.07) is 1.32. The molecule has 1 aliphatic carbocycles. The van der Waals surface area contributed by atoms with Crippen LogP contribution in [0, 0.1) is 5.92 Å². The third-order valence-corrected chi connectivity index (χ3v) is 3.76. The first-order valence-electron chi connectivity index (χ1n) is 5.75. The van der Waals surface area contributed by atoms with Gasteiger partial charge in [0.1, 0.15) is 0 Å². The van der Waals surface area contributed by atoms with Crippen molar-refractivity contribution in [2.24, 2.45) is 11.7 Å². The van der Waals surface area contributed by atoms with E-state index in [-0.39, 0.29) is 0 Å². The summed E-state index contributed by atoms with van der Waals surface area (Å²) in [4.78, 5) is 2.62. The monoisotopic (exact) mass is 182 g/mol. The Bertz CT molecular complexity index is 161. The summed E-state index contributed by atoms with van der Waals surface area (Å²) in [7, 11) is 0. The molecule has 1 unspecified atom stereocenters. The number of likely N-dealkylation sites (tertiary alicyclic amines) is 1. The quantitative estimate of drug-likeness (QED) is 0.667. The van der Waals surface area contributed by atoms with Gasteiger partial charge in [-0.25, -0.2) is 0 Å². The normalized spacial score (nSPS) is 42.5. The lowest BCUT2D eigenvalue weighted by Crippen LogP contribution is -2.37. The predicted molar refractivity (Wildman–Crippen MR) is 55.6 cm³/mol. The van der Waals surface area contributed by atoms with E-state index in [1.54, 1.807) is 0 Å². The molecule has 1 saturated heterocycles. The van der Waals surface area contributed by atoms with Crippen molar-refractivity contribution in [3.8, 4) is 0 Å². The zero-order valence-electron chi connectivity index (χ0n) is 8.71. The SMILES string of the molecule is CC1CCC(N2CCC(N)C2)CC1. The molecule has 1 atom stereocenters. The Balaban J connectivity index is 1.81. The number of nitrogens with two attached hydrogens (primary N) is 1. The number of hydrogen-bond acceptors (Lipinski definition) is 2.